The molecule has 6 nitrogen and oxygen atoms in total. The molecule has 0 radical (unpaired) electrons. The average molecular weight is 328 g/mol. The number of halogens is 3. The van der Waals surface area contributed by atoms with Gasteiger partial charge >= 0.3 is 6.18 Å². The Balaban J connectivity index is 1.67. The third-order valence-electron chi connectivity index (χ3n) is 3.68. The number of carbonyl (C=O) groups excluding carboxylic acids is 1. The van der Waals surface area contributed by atoms with Crippen LogP contribution in [0.4, 0.5) is 19.2 Å². The zero-order valence-electron chi connectivity index (χ0n) is 12.1. The number of rotatable bonds is 3. The molecule has 1 aliphatic heterocycles. The Hall–Kier alpha value is -2.32. The maximum atomic E-state index is 12.2. The molecule has 124 valence electrons. The standard InChI is InChI=1S/C14H15F3N4O2/c15-14(16,17)8-19-12(22)9-3-2-6-21(7-9)13-20-11-10(23-13)4-1-5-18-11/h1,4-5,9H,2-3,6-8H2,(H,19,22). The van der Waals surface area contributed by atoms with Crippen LogP contribution >= 0.6 is 0 Å². The summed E-state index contributed by atoms with van der Waals surface area (Å²) < 4.78 is 42.1. The fourth-order valence-corrected chi connectivity index (χ4v) is 2.59. The van der Waals surface area contributed by atoms with Crippen LogP contribution in [0.2, 0.25) is 0 Å². The predicted octanol–water partition coefficient (Wildman–Crippen LogP) is 2.12. The molecule has 0 aromatic carbocycles. The molecule has 1 atom stereocenters. The van der Waals surface area contributed by atoms with Gasteiger partial charge in [-0.2, -0.15) is 18.2 Å². The number of nitrogens with one attached hydrogen (secondary N) is 1. The number of carbonyl (C=O) groups is 1. The van der Waals surface area contributed by atoms with Gasteiger partial charge in [0.15, 0.2) is 5.58 Å². The van der Waals surface area contributed by atoms with Gasteiger partial charge in [-0.1, -0.05) is 0 Å². The van der Waals surface area contributed by atoms with Crippen molar-refractivity contribution in [3.05, 3.63) is 18.3 Å². The summed E-state index contributed by atoms with van der Waals surface area (Å²) in [5.74, 6) is -1.12. The van der Waals surface area contributed by atoms with E-state index in [0.29, 0.717) is 36.6 Å². The van der Waals surface area contributed by atoms with Crippen LogP contribution < -0.4 is 10.2 Å². The van der Waals surface area contributed by atoms with Crippen molar-refractivity contribution in [3.8, 4) is 0 Å². The van der Waals surface area contributed by atoms with Crippen molar-refractivity contribution < 1.29 is 22.4 Å². The van der Waals surface area contributed by atoms with Gasteiger partial charge < -0.3 is 14.6 Å². The van der Waals surface area contributed by atoms with E-state index >= 15 is 0 Å². The molecular weight excluding hydrogens is 313 g/mol. The van der Waals surface area contributed by atoms with Crippen molar-refractivity contribution in [3.63, 3.8) is 0 Å². The highest BCUT2D eigenvalue weighted by Crippen LogP contribution is 2.25. The number of alkyl halides is 3. The van der Waals surface area contributed by atoms with Crippen LogP contribution in [0.5, 0.6) is 0 Å². The van der Waals surface area contributed by atoms with E-state index < -0.39 is 24.5 Å². The van der Waals surface area contributed by atoms with Gasteiger partial charge in [0.2, 0.25) is 11.6 Å². The molecule has 3 rings (SSSR count). The van der Waals surface area contributed by atoms with E-state index in [1.54, 1.807) is 23.2 Å². The van der Waals surface area contributed by atoms with Gasteiger partial charge in [-0.3, -0.25) is 4.79 Å². The summed E-state index contributed by atoms with van der Waals surface area (Å²) in [6, 6.07) is 3.80. The monoisotopic (exact) mass is 328 g/mol. The second-order valence-electron chi connectivity index (χ2n) is 5.44. The summed E-state index contributed by atoms with van der Waals surface area (Å²) >= 11 is 0. The van der Waals surface area contributed by atoms with Crippen LogP contribution in [-0.4, -0.2) is 41.7 Å². The average Bonchev–Trinajstić information content (AvgIpc) is 2.96. The molecule has 1 aliphatic rings. The van der Waals surface area contributed by atoms with Crippen LogP contribution in [0, 0.1) is 5.92 Å². The molecule has 1 amide bonds. The van der Waals surface area contributed by atoms with Gasteiger partial charge in [-0.05, 0) is 25.0 Å². The van der Waals surface area contributed by atoms with Gasteiger partial charge in [0, 0.05) is 19.3 Å². The first kappa shape index (κ1) is 15.6. The van der Waals surface area contributed by atoms with Crippen LogP contribution in [0.1, 0.15) is 12.8 Å². The minimum atomic E-state index is -4.41. The Morgan fingerprint density at radius 2 is 2.30 bits per heavy atom. The number of amides is 1. The largest absolute Gasteiger partial charge is 0.422 e. The molecule has 3 heterocycles. The molecule has 0 bridgehead atoms. The number of oxazole rings is 1. The Morgan fingerprint density at radius 3 is 3.04 bits per heavy atom. The normalized spacial score (nSPS) is 19.1. The predicted molar refractivity (Wildman–Crippen MR) is 75.8 cm³/mol. The summed E-state index contributed by atoms with van der Waals surface area (Å²) in [4.78, 5) is 22.0. The smallest absolute Gasteiger partial charge is 0.405 e. The lowest BCUT2D eigenvalue weighted by atomic mass is 9.97. The van der Waals surface area contributed by atoms with Gasteiger partial charge in [-0.15, -0.1) is 0 Å². The lowest BCUT2D eigenvalue weighted by Gasteiger charge is -2.30. The fraction of sp³-hybridized carbons (Fsp3) is 0.500. The second-order valence-corrected chi connectivity index (χ2v) is 5.44. The highest BCUT2D eigenvalue weighted by Gasteiger charge is 2.32. The highest BCUT2D eigenvalue weighted by molar-refractivity contribution is 5.79. The molecule has 0 saturated carbocycles. The number of hydrogen-bond donors (Lipinski definition) is 1. The first-order valence-corrected chi connectivity index (χ1v) is 7.23. The Morgan fingerprint density at radius 1 is 1.48 bits per heavy atom. The molecule has 1 unspecified atom stereocenters. The maximum absolute atomic E-state index is 12.2. The van der Waals surface area contributed by atoms with Gasteiger partial charge in [-0.25, -0.2) is 4.98 Å². The summed E-state index contributed by atoms with van der Waals surface area (Å²) in [5.41, 5.74) is 0.997. The molecule has 1 fully saturated rings. The van der Waals surface area contributed by atoms with E-state index in [2.05, 4.69) is 9.97 Å². The third kappa shape index (κ3) is 3.72. The first-order chi connectivity index (χ1) is 10.9. The van der Waals surface area contributed by atoms with Gasteiger partial charge in [0.1, 0.15) is 6.54 Å². The SMILES string of the molecule is O=C(NCC(F)(F)F)C1CCCN(c2nc3ncccc3o2)C1. The Bertz CT molecular complexity index is 668. The number of nitrogens with zero attached hydrogens (tertiary/aromatic N) is 3. The lowest BCUT2D eigenvalue weighted by Crippen LogP contribution is -2.45. The number of piperidine rings is 1. The summed E-state index contributed by atoms with van der Waals surface area (Å²) in [6.45, 7) is -0.401. The van der Waals surface area contributed by atoms with Crippen molar-refractivity contribution in [1.82, 2.24) is 15.3 Å². The molecule has 1 N–H and O–H groups in total. The molecule has 2 aromatic heterocycles. The zero-order chi connectivity index (χ0) is 16.4. The molecule has 0 spiro atoms. The topological polar surface area (TPSA) is 71.3 Å². The highest BCUT2D eigenvalue weighted by atomic mass is 19.4. The lowest BCUT2D eigenvalue weighted by molar-refractivity contribution is -0.140. The first-order valence-electron chi connectivity index (χ1n) is 7.23. The minimum Gasteiger partial charge on any atom is -0.422 e. The van der Waals surface area contributed by atoms with Crippen molar-refractivity contribution in [2.45, 2.75) is 19.0 Å². The van der Waals surface area contributed by atoms with Gasteiger partial charge in [0.25, 0.3) is 6.01 Å². The Labute approximate surface area is 129 Å². The summed E-state index contributed by atoms with van der Waals surface area (Å²) in [5, 5.41) is 1.94. The van der Waals surface area contributed by atoms with Crippen LogP contribution in [0.25, 0.3) is 11.2 Å². The molecular formula is C14H15F3N4O2. The molecule has 2 aromatic rings. The number of pyridine rings is 1. The van der Waals surface area contributed by atoms with E-state index in [9.17, 15) is 18.0 Å². The van der Waals surface area contributed by atoms with Crippen molar-refractivity contribution in [2.24, 2.45) is 5.92 Å². The quantitative estimate of drug-likeness (QED) is 0.934. The molecule has 1 saturated heterocycles. The molecule has 0 aliphatic carbocycles. The fourth-order valence-electron chi connectivity index (χ4n) is 2.59. The van der Waals surface area contributed by atoms with Crippen molar-refractivity contribution in [1.29, 1.82) is 0 Å². The molecule has 9 heteroatoms. The van der Waals surface area contributed by atoms with E-state index in [1.807, 2.05) is 5.32 Å². The van der Waals surface area contributed by atoms with E-state index in [-0.39, 0.29) is 6.54 Å². The third-order valence-corrected chi connectivity index (χ3v) is 3.68. The van der Waals surface area contributed by atoms with Crippen molar-refractivity contribution in [2.75, 3.05) is 24.5 Å². The van der Waals surface area contributed by atoms with Crippen LogP contribution in [0.15, 0.2) is 22.7 Å². The maximum Gasteiger partial charge on any atom is 0.405 e. The van der Waals surface area contributed by atoms with Gasteiger partial charge in [0.05, 0.1) is 5.92 Å². The van der Waals surface area contributed by atoms with Crippen LogP contribution in [0.3, 0.4) is 0 Å². The second kappa shape index (κ2) is 6.05. The summed E-state index contributed by atoms with van der Waals surface area (Å²) in [6.07, 6.45) is -1.59. The summed E-state index contributed by atoms with van der Waals surface area (Å²) in [7, 11) is 0. The van der Waals surface area contributed by atoms with E-state index in [4.69, 9.17) is 4.42 Å². The zero-order valence-corrected chi connectivity index (χ0v) is 12.1. The number of aromatic nitrogens is 2. The molecule has 23 heavy (non-hydrogen) atoms. The van der Waals surface area contributed by atoms with E-state index in [1.165, 1.54) is 0 Å². The Kier molecular flexibility index (Phi) is 4.10. The minimum absolute atomic E-state index is 0.274. The van der Waals surface area contributed by atoms with Crippen LogP contribution in [-0.2, 0) is 4.79 Å². The number of fused-ring (bicyclic) bond motifs is 1. The number of hydrogen-bond acceptors (Lipinski definition) is 5. The van der Waals surface area contributed by atoms with Crippen molar-refractivity contribution >= 4 is 23.2 Å². The van der Waals surface area contributed by atoms with E-state index in [0.717, 1.165) is 0 Å². The number of anilines is 1.